The molecule has 3 aromatic rings. The summed E-state index contributed by atoms with van der Waals surface area (Å²) in [6, 6.07) is 16.1. The molecule has 0 saturated heterocycles. The first-order valence-corrected chi connectivity index (χ1v) is 9.02. The molecule has 0 aliphatic carbocycles. The molecule has 5 nitrogen and oxygen atoms in total. The molecule has 1 atom stereocenters. The lowest BCUT2D eigenvalue weighted by Gasteiger charge is -2.23. The Bertz CT molecular complexity index is 957. The predicted molar refractivity (Wildman–Crippen MR) is 107 cm³/mol. The SMILES string of the molecule is CC(C)(C)NCC(O)COc1cccc2c(=O)cc(-c3ccccc3)oc12. The summed E-state index contributed by atoms with van der Waals surface area (Å²) in [5.74, 6) is 0.927. The third-order valence-electron chi connectivity index (χ3n) is 4.08. The van der Waals surface area contributed by atoms with Crippen LogP contribution in [0.4, 0.5) is 0 Å². The van der Waals surface area contributed by atoms with Crippen molar-refractivity contribution >= 4 is 11.0 Å². The maximum atomic E-state index is 12.5. The quantitative estimate of drug-likeness (QED) is 0.697. The molecule has 5 heteroatoms. The Morgan fingerprint density at radius 3 is 2.56 bits per heavy atom. The first-order valence-electron chi connectivity index (χ1n) is 9.02. The molecule has 1 aromatic heterocycles. The van der Waals surface area contributed by atoms with Crippen LogP contribution in [0.25, 0.3) is 22.3 Å². The van der Waals surface area contributed by atoms with Crippen LogP contribution in [-0.4, -0.2) is 29.9 Å². The second kappa shape index (κ2) is 7.94. The van der Waals surface area contributed by atoms with Crippen LogP contribution in [0, 0.1) is 0 Å². The highest BCUT2D eigenvalue weighted by Crippen LogP contribution is 2.28. The number of fused-ring (bicyclic) bond motifs is 1. The molecule has 0 bridgehead atoms. The van der Waals surface area contributed by atoms with Gasteiger partial charge in [-0.05, 0) is 32.9 Å². The largest absolute Gasteiger partial charge is 0.487 e. The average molecular weight is 367 g/mol. The second-order valence-corrected chi connectivity index (χ2v) is 7.57. The lowest BCUT2D eigenvalue weighted by atomic mass is 10.1. The number of aliphatic hydroxyl groups excluding tert-OH is 1. The molecule has 3 rings (SSSR count). The molecule has 142 valence electrons. The number of hydrogen-bond donors (Lipinski definition) is 2. The third kappa shape index (κ3) is 4.96. The van der Waals surface area contributed by atoms with E-state index in [-0.39, 0.29) is 17.6 Å². The van der Waals surface area contributed by atoms with Gasteiger partial charge in [-0.2, -0.15) is 0 Å². The lowest BCUT2D eigenvalue weighted by molar-refractivity contribution is 0.100. The van der Waals surface area contributed by atoms with Crippen LogP contribution in [0.2, 0.25) is 0 Å². The fourth-order valence-electron chi connectivity index (χ4n) is 2.68. The molecule has 0 aliphatic rings. The van der Waals surface area contributed by atoms with Crippen LogP contribution in [-0.2, 0) is 0 Å². The van der Waals surface area contributed by atoms with Gasteiger partial charge in [-0.15, -0.1) is 0 Å². The molecular formula is C22H25NO4. The van der Waals surface area contributed by atoms with E-state index >= 15 is 0 Å². The van der Waals surface area contributed by atoms with Crippen molar-refractivity contribution in [2.24, 2.45) is 0 Å². The zero-order valence-electron chi connectivity index (χ0n) is 15.9. The van der Waals surface area contributed by atoms with Gasteiger partial charge in [0, 0.05) is 23.7 Å². The molecule has 0 aliphatic heterocycles. The zero-order chi connectivity index (χ0) is 19.4. The fourth-order valence-corrected chi connectivity index (χ4v) is 2.68. The number of benzene rings is 2. The maximum Gasteiger partial charge on any atom is 0.193 e. The number of aliphatic hydroxyl groups is 1. The molecule has 0 amide bonds. The highest BCUT2D eigenvalue weighted by atomic mass is 16.5. The second-order valence-electron chi connectivity index (χ2n) is 7.57. The van der Waals surface area contributed by atoms with Gasteiger partial charge in [0.05, 0.1) is 5.39 Å². The van der Waals surface area contributed by atoms with Gasteiger partial charge in [0.2, 0.25) is 0 Å². The summed E-state index contributed by atoms with van der Waals surface area (Å²) >= 11 is 0. The topological polar surface area (TPSA) is 71.7 Å². The van der Waals surface area contributed by atoms with Crippen LogP contribution in [0.15, 0.2) is 63.8 Å². The number of hydrogen-bond acceptors (Lipinski definition) is 5. The Morgan fingerprint density at radius 1 is 1.11 bits per heavy atom. The van der Waals surface area contributed by atoms with E-state index in [9.17, 15) is 9.90 Å². The first-order chi connectivity index (χ1) is 12.8. The van der Waals surface area contributed by atoms with Gasteiger partial charge in [-0.3, -0.25) is 4.79 Å². The molecule has 27 heavy (non-hydrogen) atoms. The third-order valence-corrected chi connectivity index (χ3v) is 4.08. The van der Waals surface area contributed by atoms with Crippen LogP contribution < -0.4 is 15.5 Å². The highest BCUT2D eigenvalue weighted by molar-refractivity contribution is 5.84. The van der Waals surface area contributed by atoms with E-state index in [0.717, 1.165) is 5.56 Å². The lowest BCUT2D eigenvalue weighted by Crippen LogP contribution is -2.42. The Morgan fingerprint density at radius 2 is 1.85 bits per heavy atom. The van der Waals surface area contributed by atoms with E-state index in [1.54, 1.807) is 18.2 Å². The number of ether oxygens (including phenoxy) is 1. The van der Waals surface area contributed by atoms with Crippen LogP contribution in [0.3, 0.4) is 0 Å². The summed E-state index contributed by atoms with van der Waals surface area (Å²) in [5.41, 5.74) is 0.994. The Balaban J connectivity index is 1.85. The van der Waals surface area contributed by atoms with Gasteiger partial charge in [0.15, 0.2) is 16.8 Å². The summed E-state index contributed by atoms with van der Waals surface area (Å²) in [6.45, 7) is 6.61. The number of para-hydroxylation sites is 1. The van der Waals surface area contributed by atoms with E-state index in [1.807, 2.05) is 51.1 Å². The van der Waals surface area contributed by atoms with Crippen molar-refractivity contribution in [3.63, 3.8) is 0 Å². The normalized spacial score (nSPS) is 12.9. The van der Waals surface area contributed by atoms with Crippen molar-refractivity contribution in [1.29, 1.82) is 0 Å². The summed E-state index contributed by atoms with van der Waals surface area (Å²) < 4.78 is 11.8. The van der Waals surface area contributed by atoms with Gasteiger partial charge >= 0.3 is 0 Å². The zero-order valence-corrected chi connectivity index (χ0v) is 15.9. The van der Waals surface area contributed by atoms with Crippen molar-refractivity contribution in [1.82, 2.24) is 5.32 Å². The Kier molecular flexibility index (Phi) is 5.63. The van der Waals surface area contributed by atoms with Crippen molar-refractivity contribution in [2.75, 3.05) is 13.2 Å². The van der Waals surface area contributed by atoms with Crippen LogP contribution in [0.1, 0.15) is 20.8 Å². The molecule has 0 fully saturated rings. The Labute approximate surface area is 158 Å². The first kappa shape index (κ1) is 19.1. The molecule has 1 unspecified atom stereocenters. The van der Waals surface area contributed by atoms with Crippen molar-refractivity contribution < 1.29 is 14.3 Å². The van der Waals surface area contributed by atoms with Crippen molar-refractivity contribution in [3.05, 3.63) is 64.8 Å². The van der Waals surface area contributed by atoms with Gasteiger partial charge in [-0.25, -0.2) is 0 Å². The smallest absolute Gasteiger partial charge is 0.193 e. The fraction of sp³-hybridized carbons (Fsp3) is 0.318. The minimum absolute atomic E-state index is 0.0855. The standard InChI is InChI=1S/C22H25NO4/c1-22(2,3)23-13-16(24)14-26-19-11-7-10-17-18(25)12-20(27-21(17)19)15-8-5-4-6-9-15/h4-12,16,23-24H,13-14H2,1-3H3. The van der Waals surface area contributed by atoms with E-state index in [4.69, 9.17) is 9.15 Å². The van der Waals surface area contributed by atoms with Crippen molar-refractivity contribution in [2.45, 2.75) is 32.4 Å². The van der Waals surface area contributed by atoms with Crippen LogP contribution in [0.5, 0.6) is 5.75 Å². The molecule has 2 N–H and O–H groups in total. The highest BCUT2D eigenvalue weighted by Gasteiger charge is 2.15. The molecular weight excluding hydrogens is 342 g/mol. The van der Waals surface area contributed by atoms with Crippen LogP contribution >= 0.6 is 0 Å². The van der Waals surface area contributed by atoms with E-state index in [1.165, 1.54) is 6.07 Å². The summed E-state index contributed by atoms with van der Waals surface area (Å²) in [4.78, 5) is 12.5. The predicted octanol–water partition coefficient (Wildman–Crippen LogP) is 3.59. The Hall–Kier alpha value is -2.63. The average Bonchev–Trinajstić information content (AvgIpc) is 2.65. The number of rotatable bonds is 6. The summed E-state index contributed by atoms with van der Waals surface area (Å²) in [6.07, 6.45) is -0.677. The van der Waals surface area contributed by atoms with Gasteiger partial charge in [-0.1, -0.05) is 36.4 Å². The van der Waals surface area contributed by atoms with Gasteiger partial charge in [0.1, 0.15) is 18.5 Å². The number of β-amino-alcohol motifs (C(OH)–C–C–N with tert-alkyl or cyclic N) is 1. The summed E-state index contributed by atoms with van der Waals surface area (Å²) in [7, 11) is 0. The summed E-state index contributed by atoms with van der Waals surface area (Å²) in [5, 5.41) is 13.8. The van der Waals surface area contributed by atoms with E-state index in [2.05, 4.69) is 5.32 Å². The molecule has 2 aromatic carbocycles. The monoisotopic (exact) mass is 367 g/mol. The van der Waals surface area contributed by atoms with E-state index < -0.39 is 6.10 Å². The van der Waals surface area contributed by atoms with Gasteiger partial charge < -0.3 is 19.6 Å². The molecule has 0 spiro atoms. The molecule has 0 radical (unpaired) electrons. The van der Waals surface area contributed by atoms with E-state index in [0.29, 0.717) is 29.0 Å². The number of nitrogens with one attached hydrogen (secondary N) is 1. The maximum absolute atomic E-state index is 12.5. The molecule has 0 saturated carbocycles. The minimum Gasteiger partial charge on any atom is -0.487 e. The minimum atomic E-state index is -0.677. The van der Waals surface area contributed by atoms with Crippen molar-refractivity contribution in [3.8, 4) is 17.1 Å². The molecule has 1 heterocycles. The van der Waals surface area contributed by atoms with Gasteiger partial charge in [0.25, 0.3) is 0 Å².